The van der Waals surface area contributed by atoms with Gasteiger partial charge >= 0.3 is 0 Å². The number of fused-ring (bicyclic) bond motifs is 10. The quantitative estimate of drug-likeness (QED) is 0.530. The zero-order valence-electron chi connectivity index (χ0n) is 27.2. The van der Waals surface area contributed by atoms with Gasteiger partial charge in [0, 0.05) is 51.3 Å². The predicted octanol–water partition coefficient (Wildman–Crippen LogP) is 3.60. The summed E-state index contributed by atoms with van der Waals surface area (Å²) >= 11 is 0. The number of hydrogen-bond acceptors (Lipinski definition) is 7. The lowest BCUT2D eigenvalue weighted by Crippen LogP contribution is -2.50. The van der Waals surface area contributed by atoms with E-state index >= 15 is 0 Å². The van der Waals surface area contributed by atoms with Crippen LogP contribution < -0.4 is 10.1 Å². The molecule has 0 saturated carbocycles. The van der Waals surface area contributed by atoms with Crippen molar-refractivity contribution in [1.29, 1.82) is 0 Å². The van der Waals surface area contributed by atoms with Gasteiger partial charge in [0.15, 0.2) is 0 Å². The molecule has 240 valence electrons. The van der Waals surface area contributed by atoms with E-state index in [1.54, 1.807) is 18.2 Å². The van der Waals surface area contributed by atoms with Gasteiger partial charge in [-0.3, -0.25) is 19.3 Å². The standard InChI is InChI=1S/C33H53N5O5/c1-32(2,3)12-15-37-23-25-20-27(37)31(41)36-13-10-24(11-14-36)22-38(29(39)21-33(4,5)6)16-17-42-18-19-43-28-9-7-8-26(35-28)30(40)34-25/h7-9,24-25,27H,10-23H2,1-6H3,(H,34,40)/t25-,27+/m1/s1. The van der Waals surface area contributed by atoms with E-state index in [0.29, 0.717) is 77.2 Å². The molecule has 1 N–H and O–H groups in total. The van der Waals surface area contributed by atoms with Crippen LogP contribution in [0.4, 0.5) is 0 Å². The van der Waals surface area contributed by atoms with Crippen molar-refractivity contribution < 1.29 is 23.9 Å². The molecule has 43 heavy (non-hydrogen) atoms. The van der Waals surface area contributed by atoms with Crippen molar-refractivity contribution in [3.63, 3.8) is 0 Å². The Kier molecular flexibility index (Phi) is 11.1. The summed E-state index contributed by atoms with van der Waals surface area (Å²) in [5.41, 5.74) is 0.330. The molecule has 0 unspecified atom stereocenters. The van der Waals surface area contributed by atoms with E-state index < -0.39 is 0 Å². The van der Waals surface area contributed by atoms with Crippen molar-refractivity contribution in [2.45, 2.75) is 85.7 Å². The number of ether oxygens (including phenoxy) is 2. The number of rotatable bonds is 3. The van der Waals surface area contributed by atoms with E-state index in [1.807, 2.05) is 9.80 Å². The summed E-state index contributed by atoms with van der Waals surface area (Å²) < 4.78 is 11.6. The summed E-state index contributed by atoms with van der Waals surface area (Å²) in [5, 5.41) is 3.14. The highest BCUT2D eigenvalue weighted by Crippen LogP contribution is 2.28. The number of nitrogens with zero attached hydrogens (tertiary/aromatic N) is 4. The van der Waals surface area contributed by atoms with Crippen LogP contribution in [0.2, 0.25) is 0 Å². The number of piperidine rings is 1. The first kappa shape index (κ1) is 33.2. The van der Waals surface area contributed by atoms with Gasteiger partial charge in [-0.2, -0.15) is 0 Å². The van der Waals surface area contributed by atoms with E-state index in [1.165, 1.54) is 0 Å². The Hall–Kier alpha value is -2.72. The van der Waals surface area contributed by atoms with Gasteiger partial charge in [0.1, 0.15) is 12.3 Å². The summed E-state index contributed by atoms with van der Waals surface area (Å²) in [6.45, 7) is 18.0. The summed E-state index contributed by atoms with van der Waals surface area (Å²) in [6, 6.07) is 4.75. The fourth-order valence-corrected chi connectivity index (χ4v) is 6.10. The lowest BCUT2D eigenvalue weighted by Gasteiger charge is -2.38. The van der Waals surface area contributed by atoms with Gasteiger partial charge in [0.05, 0.1) is 19.3 Å². The number of pyridine rings is 1. The van der Waals surface area contributed by atoms with Crippen molar-refractivity contribution in [1.82, 2.24) is 25.0 Å². The SMILES string of the molecule is CC(C)(C)CCN1C[C@H]2C[C@H]1C(=O)N1CCC(CC1)CN(C(=O)CC(C)(C)C)CCOCCOc1cccc(n1)C(=O)N2. The summed E-state index contributed by atoms with van der Waals surface area (Å²) in [7, 11) is 0. The maximum atomic E-state index is 13.9. The van der Waals surface area contributed by atoms with E-state index in [0.717, 1.165) is 25.8 Å². The van der Waals surface area contributed by atoms with Gasteiger partial charge in [0.2, 0.25) is 17.7 Å². The average Bonchev–Trinajstić information content (AvgIpc) is 3.34. The highest BCUT2D eigenvalue weighted by atomic mass is 16.5. The van der Waals surface area contributed by atoms with E-state index in [4.69, 9.17) is 9.47 Å². The third kappa shape index (κ3) is 10.2. The topological polar surface area (TPSA) is 104 Å². The highest BCUT2D eigenvalue weighted by molar-refractivity contribution is 5.92. The molecule has 4 aliphatic rings. The molecule has 5 heterocycles. The molecule has 5 rings (SSSR count). The molecule has 1 aromatic heterocycles. The normalized spacial score (nSPS) is 25.2. The predicted molar refractivity (Wildman–Crippen MR) is 166 cm³/mol. The molecule has 10 heteroatoms. The molecule has 2 fully saturated rings. The van der Waals surface area contributed by atoms with Crippen molar-refractivity contribution in [2.24, 2.45) is 16.7 Å². The van der Waals surface area contributed by atoms with Crippen LogP contribution >= 0.6 is 0 Å². The smallest absolute Gasteiger partial charge is 0.270 e. The fourth-order valence-electron chi connectivity index (χ4n) is 6.10. The van der Waals surface area contributed by atoms with Crippen LogP contribution in [0.1, 0.15) is 84.1 Å². The number of aromatic nitrogens is 1. The molecular formula is C33H53N5O5. The second-order valence-corrected chi connectivity index (χ2v) is 14.9. The Morgan fingerprint density at radius 3 is 2.42 bits per heavy atom. The first-order chi connectivity index (χ1) is 20.3. The molecule has 4 aliphatic heterocycles. The Bertz CT molecular complexity index is 1110. The van der Waals surface area contributed by atoms with Gasteiger partial charge in [-0.1, -0.05) is 47.6 Å². The number of hydrogen-bond donors (Lipinski definition) is 1. The van der Waals surface area contributed by atoms with Crippen molar-refractivity contribution in [2.75, 3.05) is 59.1 Å². The van der Waals surface area contributed by atoms with Crippen molar-refractivity contribution >= 4 is 17.7 Å². The maximum absolute atomic E-state index is 13.9. The molecule has 10 nitrogen and oxygen atoms in total. The Morgan fingerprint density at radius 1 is 0.977 bits per heavy atom. The van der Waals surface area contributed by atoms with Crippen molar-refractivity contribution in [3.8, 4) is 5.88 Å². The lowest BCUT2D eigenvalue weighted by atomic mass is 9.90. The fraction of sp³-hybridized carbons (Fsp3) is 0.758. The number of carbonyl (C=O) groups excluding carboxylic acids is 3. The van der Waals surface area contributed by atoms with E-state index in [-0.39, 0.29) is 46.3 Å². The number of likely N-dealkylation sites (tertiary alicyclic amines) is 1. The van der Waals surface area contributed by atoms with Gasteiger partial charge in [-0.15, -0.1) is 0 Å². The van der Waals surface area contributed by atoms with E-state index in [9.17, 15) is 14.4 Å². The van der Waals surface area contributed by atoms with Crippen LogP contribution in [-0.2, 0) is 14.3 Å². The zero-order valence-corrected chi connectivity index (χ0v) is 27.2. The van der Waals surface area contributed by atoms with Gasteiger partial charge in [0.25, 0.3) is 5.91 Å². The lowest BCUT2D eigenvalue weighted by molar-refractivity contribution is -0.139. The molecular weight excluding hydrogens is 546 g/mol. The molecule has 2 atom stereocenters. The third-order valence-electron chi connectivity index (χ3n) is 8.55. The number of amides is 3. The average molecular weight is 600 g/mol. The summed E-state index contributed by atoms with van der Waals surface area (Å²) in [5.74, 6) is 0.740. The van der Waals surface area contributed by atoms with Gasteiger partial charge in [-0.05, 0) is 55.0 Å². The number of nitrogens with one attached hydrogen (secondary N) is 1. The van der Waals surface area contributed by atoms with Crippen LogP contribution in [-0.4, -0.2) is 109 Å². The monoisotopic (exact) mass is 599 g/mol. The van der Waals surface area contributed by atoms with Crippen LogP contribution in [0.25, 0.3) is 0 Å². The third-order valence-corrected chi connectivity index (χ3v) is 8.55. The molecule has 1 aromatic rings. The van der Waals surface area contributed by atoms with Crippen molar-refractivity contribution in [3.05, 3.63) is 23.9 Å². The van der Waals surface area contributed by atoms with Gasteiger partial charge < -0.3 is 24.6 Å². The molecule has 2 saturated heterocycles. The summed E-state index contributed by atoms with van der Waals surface area (Å²) in [6.07, 6.45) is 3.76. The molecule has 0 radical (unpaired) electrons. The summed E-state index contributed by atoms with van der Waals surface area (Å²) in [4.78, 5) is 51.0. The highest BCUT2D eigenvalue weighted by Gasteiger charge is 2.40. The maximum Gasteiger partial charge on any atom is 0.270 e. The molecule has 0 spiro atoms. The number of carbonyl (C=O) groups is 3. The molecule has 0 aromatic carbocycles. The second kappa shape index (κ2) is 14.4. The first-order valence-corrected chi connectivity index (χ1v) is 16.1. The molecule has 6 bridgehead atoms. The van der Waals surface area contributed by atoms with Crippen LogP contribution in [0.15, 0.2) is 18.2 Å². The molecule has 3 amide bonds. The minimum absolute atomic E-state index is 0.0979. The van der Waals surface area contributed by atoms with Crippen LogP contribution in [0.3, 0.4) is 0 Å². The first-order valence-electron chi connectivity index (χ1n) is 16.1. The zero-order chi connectivity index (χ0) is 31.2. The minimum atomic E-state index is -0.262. The van der Waals surface area contributed by atoms with Crippen LogP contribution in [0.5, 0.6) is 5.88 Å². The Labute approximate surface area is 257 Å². The minimum Gasteiger partial charge on any atom is -0.475 e. The van der Waals surface area contributed by atoms with E-state index in [2.05, 4.69) is 56.7 Å². The van der Waals surface area contributed by atoms with Gasteiger partial charge in [-0.25, -0.2) is 4.98 Å². The molecule has 0 aliphatic carbocycles. The Morgan fingerprint density at radius 2 is 1.72 bits per heavy atom. The largest absolute Gasteiger partial charge is 0.475 e. The Balaban J connectivity index is 1.52. The second-order valence-electron chi connectivity index (χ2n) is 14.9. The van der Waals surface area contributed by atoms with Crippen LogP contribution in [0, 0.1) is 16.7 Å².